The lowest BCUT2D eigenvalue weighted by atomic mass is 9.98. The molecule has 126 valence electrons. The van der Waals surface area contributed by atoms with Gasteiger partial charge in [0.05, 0.1) is 0 Å². The van der Waals surface area contributed by atoms with Crippen LogP contribution in [0.1, 0.15) is 31.7 Å². The van der Waals surface area contributed by atoms with Gasteiger partial charge in [-0.2, -0.15) is 11.8 Å². The van der Waals surface area contributed by atoms with Crippen LogP contribution in [0, 0.1) is 0 Å². The van der Waals surface area contributed by atoms with Gasteiger partial charge in [-0.3, -0.25) is 4.79 Å². The summed E-state index contributed by atoms with van der Waals surface area (Å²) >= 11 is 1.65. The number of piperidine rings is 1. The number of aryl methyl sites for hydroxylation is 1. The summed E-state index contributed by atoms with van der Waals surface area (Å²) in [5, 5.41) is 13.4. The van der Waals surface area contributed by atoms with Crippen molar-refractivity contribution < 1.29 is 9.90 Å². The van der Waals surface area contributed by atoms with Gasteiger partial charge in [0.1, 0.15) is 0 Å². The Morgan fingerprint density at radius 2 is 2.13 bits per heavy atom. The fraction of sp³-hybridized carbons (Fsp3) is 0.611. The molecule has 0 aliphatic carbocycles. The number of rotatable bonds is 4. The lowest BCUT2D eigenvalue weighted by molar-refractivity contribution is -0.138. The van der Waals surface area contributed by atoms with Crippen LogP contribution < -0.4 is 10.2 Å². The summed E-state index contributed by atoms with van der Waals surface area (Å²) in [6.45, 7) is 4.09. The van der Waals surface area contributed by atoms with Crippen LogP contribution in [0.2, 0.25) is 0 Å². The summed E-state index contributed by atoms with van der Waals surface area (Å²) in [7, 11) is 0. The van der Waals surface area contributed by atoms with Crippen LogP contribution in [0.5, 0.6) is 0 Å². The van der Waals surface area contributed by atoms with E-state index in [9.17, 15) is 9.90 Å². The molecule has 2 aliphatic rings. The van der Waals surface area contributed by atoms with Gasteiger partial charge in [0, 0.05) is 30.6 Å². The second-order valence-electron chi connectivity index (χ2n) is 6.55. The molecule has 0 aromatic heterocycles. The Bertz CT molecular complexity index is 550. The van der Waals surface area contributed by atoms with Gasteiger partial charge < -0.3 is 15.3 Å². The van der Waals surface area contributed by atoms with Crippen LogP contribution in [-0.4, -0.2) is 47.3 Å². The highest BCUT2D eigenvalue weighted by atomic mass is 32.2. The SMILES string of the molecule is CCc1ccccc1N1CCC(NC(=O)C2(O)CCSC2)CC1. The van der Waals surface area contributed by atoms with Crippen molar-refractivity contribution >= 4 is 23.4 Å². The minimum atomic E-state index is -1.14. The maximum Gasteiger partial charge on any atom is 0.253 e. The summed E-state index contributed by atoms with van der Waals surface area (Å²) in [6.07, 6.45) is 3.49. The first-order valence-electron chi connectivity index (χ1n) is 8.56. The van der Waals surface area contributed by atoms with E-state index in [0.717, 1.165) is 38.1 Å². The Balaban J connectivity index is 1.55. The molecule has 4 nitrogen and oxygen atoms in total. The van der Waals surface area contributed by atoms with Crippen LogP contribution in [0.15, 0.2) is 24.3 Å². The van der Waals surface area contributed by atoms with E-state index in [1.54, 1.807) is 11.8 Å². The van der Waals surface area contributed by atoms with E-state index in [2.05, 4.69) is 41.4 Å². The third kappa shape index (κ3) is 3.66. The summed E-state index contributed by atoms with van der Waals surface area (Å²) < 4.78 is 0. The Morgan fingerprint density at radius 3 is 2.78 bits per heavy atom. The van der Waals surface area contributed by atoms with Crippen molar-refractivity contribution in [2.45, 2.75) is 44.2 Å². The molecule has 2 fully saturated rings. The summed E-state index contributed by atoms with van der Waals surface area (Å²) in [6, 6.07) is 8.75. The van der Waals surface area contributed by atoms with Crippen molar-refractivity contribution in [3.8, 4) is 0 Å². The Labute approximate surface area is 142 Å². The predicted octanol–water partition coefficient (Wildman–Crippen LogP) is 2.20. The Hall–Kier alpha value is -1.20. The number of hydrogen-bond donors (Lipinski definition) is 2. The molecule has 2 N–H and O–H groups in total. The fourth-order valence-corrected chi connectivity index (χ4v) is 4.68. The number of nitrogens with zero attached hydrogens (tertiary/aromatic N) is 1. The molecular weight excluding hydrogens is 308 g/mol. The standard InChI is InChI=1S/C18H26N2O2S/c1-2-14-5-3-4-6-16(14)20-10-7-15(8-11-20)19-17(21)18(22)9-12-23-13-18/h3-6,15,22H,2,7-13H2,1H3,(H,19,21). The van der Waals surface area contributed by atoms with Crippen molar-refractivity contribution in [2.24, 2.45) is 0 Å². The molecule has 5 heteroatoms. The largest absolute Gasteiger partial charge is 0.379 e. The lowest BCUT2D eigenvalue weighted by Crippen LogP contribution is -2.53. The van der Waals surface area contributed by atoms with Gasteiger partial charge in [-0.05, 0) is 43.1 Å². The topological polar surface area (TPSA) is 52.6 Å². The van der Waals surface area contributed by atoms with Crippen molar-refractivity contribution in [3.05, 3.63) is 29.8 Å². The molecule has 1 amide bonds. The lowest BCUT2D eigenvalue weighted by Gasteiger charge is -2.36. The van der Waals surface area contributed by atoms with Crippen molar-refractivity contribution in [1.82, 2.24) is 5.32 Å². The quantitative estimate of drug-likeness (QED) is 0.886. The average Bonchev–Trinajstić information content (AvgIpc) is 3.04. The highest BCUT2D eigenvalue weighted by Gasteiger charge is 2.40. The van der Waals surface area contributed by atoms with E-state index in [1.807, 2.05) is 0 Å². The molecule has 1 atom stereocenters. The van der Waals surface area contributed by atoms with Crippen LogP contribution in [-0.2, 0) is 11.2 Å². The van der Waals surface area contributed by atoms with E-state index in [4.69, 9.17) is 0 Å². The van der Waals surface area contributed by atoms with E-state index in [0.29, 0.717) is 12.2 Å². The molecular formula is C18H26N2O2S. The molecule has 0 spiro atoms. The summed E-state index contributed by atoms with van der Waals surface area (Å²) in [5.41, 5.74) is 1.56. The zero-order chi connectivity index (χ0) is 16.3. The average molecular weight is 334 g/mol. The minimum Gasteiger partial charge on any atom is -0.379 e. The number of para-hydroxylation sites is 1. The number of carbonyl (C=O) groups is 1. The van der Waals surface area contributed by atoms with Gasteiger partial charge in [0.15, 0.2) is 5.60 Å². The molecule has 1 aromatic rings. The van der Waals surface area contributed by atoms with Crippen molar-refractivity contribution in [1.29, 1.82) is 0 Å². The van der Waals surface area contributed by atoms with Gasteiger partial charge in [-0.1, -0.05) is 25.1 Å². The Kier molecular flexibility index (Phi) is 5.17. The maximum absolute atomic E-state index is 12.3. The number of amides is 1. The van der Waals surface area contributed by atoms with Crippen LogP contribution in [0.3, 0.4) is 0 Å². The number of thioether (sulfide) groups is 1. The number of hydrogen-bond acceptors (Lipinski definition) is 4. The predicted molar refractivity (Wildman–Crippen MR) is 96.1 cm³/mol. The first-order valence-corrected chi connectivity index (χ1v) is 9.72. The highest BCUT2D eigenvalue weighted by molar-refractivity contribution is 7.99. The molecule has 2 saturated heterocycles. The summed E-state index contributed by atoms with van der Waals surface area (Å²) in [5.74, 6) is 1.23. The second-order valence-corrected chi connectivity index (χ2v) is 7.66. The third-order valence-corrected chi connectivity index (χ3v) is 6.14. The molecule has 0 bridgehead atoms. The van der Waals surface area contributed by atoms with Gasteiger partial charge in [0.25, 0.3) is 5.91 Å². The van der Waals surface area contributed by atoms with Gasteiger partial charge in [-0.25, -0.2) is 0 Å². The minimum absolute atomic E-state index is 0.171. The normalized spacial score (nSPS) is 25.6. The van der Waals surface area contributed by atoms with Gasteiger partial charge in [0.2, 0.25) is 0 Å². The molecule has 2 aliphatic heterocycles. The van der Waals surface area contributed by atoms with Crippen LogP contribution in [0.4, 0.5) is 5.69 Å². The number of anilines is 1. The third-order valence-electron chi connectivity index (χ3n) is 4.97. The van der Waals surface area contributed by atoms with Crippen molar-refractivity contribution in [2.75, 3.05) is 29.5 Å². The molecule has 0 radical (unpaired) electrons. The number of aliphatic hydroxyl groups is 1. The van der Waals surface area contributed by atoms with Gasteiger partial charge >= 0.3 is 0 Å². The maximum atomic E-state index is 12.3. The monoisotopic (exact) mass is 334 g/mol. The Morgan fingerprint density at radius 1 is 1.39 bits per heavy atom. The van der Waals surface area contributed by atoms with E-state index in [1.165, 1.54) is 11.3 Å². The first kappa shape index (κ1) is 16.7. The molecule has 3 rings (SSSR count). The highest BCUT2D eigenvalue weighted by Crippen LogP contribution is 2.29. The second kappa shape index (κ2) is 7.14. The first-order chi connectivity index (χ1) is 11.1. The molecule has 1 aromatic carbocycles. The molecule has 23 heavy (non-hydrogen) atoms. The van der Waals surface area contributed by atoms with Crippen molar-refractivity contribution in [3.63, 3.8) is 0 Å². The van der Waals surface area contributed by atoms with E-state index < -0.39 is 5.60 Å². The van der Waals surface area contributed by atoms with Crippen LogP contribution >= 0.6 is 11.8 Å². The summed E-state index contributed by atoms with van der Waals surface area (Å²) in [4.78, 5) is 14.7. The zero-order valence-corrected chi connectivity index (χ0v) is 14.6. The number of benzene rings is 1. The smallest absolute Gasteiger partial charge is 0.253 e. The molecule has 0 saturated carbocycles. The van der Waals surface area contributed by atoms with E-state index in [-0.39, 0.29) is 11.9 Å². The van der Waals surface area contributed by atoms with Crippen LogP contribution in [0.25, 0.3) is 0 Å². The van der Waals surface area contributed by atoms with Gasteiger partial charge in [-0.15, -0.1) is 0 Å². The number of nitrogens with one attached hydrogen (secondary N) is 1. The fourth-order valence-electron chi connectivity index (χ4n) is 3.44. The number of carbonyl (C=O) groups excluding carboxylic acids is 1. The van der Waals surface area contributed by atoms with E-state index >= 15 is 0 Å². The molecule has 1 unspecified atom stereocenters. The zero-order valence-electron chi connectivity index (χ0n) is 13.8. The molecule has 2 heterocycles.